The molecule has 1 saturated heterocycles. The van der Waals surface area contributed by atoms with Crippen molar-refractivity contribution >= 4 is 0 Å². The molecule has 1 heterocycles. The van der Waals surface area contributed by atoms with Crippen LogP contribution in [0.2, 0.25) is 0 Å². The molecule has 0 amide bonds. The normalized spacial score (nSPS) is 43.9. The highest BCUT2D eigenvalue weighted by Gasteiger charge is 2.61. The smallest absolute Gasteiger partial charge is 0.169 e. The van der Waals surface area contributed by atoms with Crippen LogP contribution in [-0.4, -0.2) is 25.5 Å². The van der Waals surface area contributed by atoms with Crippen LogP contribution in [0.5, 0.6) is 0 Å². The predicted octanol–water partition coefficient (Wildman–Crippen LogP) is 1.27. The van der Waals surface area contributed by atoms with Crippen molar-refractivity contribution < 1.29 is 9.47 Å². The van der Waals surface area contributed by atoms with E-state index in [2.05, 4.69) is 0 Å². The van der Waals surface area contributed by atoms with Gasteiger partial charge in [-0.25, -0.2) is 0 Å². The standard InChI is InChI=1S/C11H19NO2/c12-4-3-10-7-9(10)1-2-11(8-10)13-5-6-14-11/h9H,1-8,12H2. The Balaban J connectivity index is 1.73. The van der Waals surface area contributed by atoms with Crippen LogP contribution in [-0.2, 0) is 9.47 Å². The van der Waals surface area contributed by atoms with E-state index in [9.17, 15) is 0 Å². The van der Waals surface area contributed by atoms with Gasteiger partial charge in [0.15, 0.2) is 5.79 Å². The van der Waals surface area contributed by atoms with Crippen molar-refractivity contribution in [1.82, 2.24) is 0 Å². The number of hydrogen-bond acceptors (Lipinski definition) is 3. The maximum Gasteiger partial charge on any atom is 0.169 e. The second kappa shape index (κ2) is 2.94. The molecule has 3 heteroatoms. The van der Waals surface area contributed by atoms with Crippen LogP contribution in [0.15, 0.2) is 0 Å². The monoisotopic (exact) mass is 197 g/mol. The van der Waals surface area contributed by atoms with Crippen LogP contribution in [0, 0.1) is 11.3 Å². The number of ether oxygens (including phenoxy) is 2. The van der Waals surface area contributed by atoms with Gasteiger partial charge in [-0.2, -0.15) is 0 Å². The summed E-state index contributed by atoms with van der Waals surface area (Å²) in [6.07, 6.45) is 6.00. The van der Waals surface area contributed by atoms with E-state index in [1.165, 1.54) is 12.8 Å². The van der Waals surface area contributed by atoms with Gasteiger partial charge in [0.05, 0.1) is 13.2 Å². The Bertz CT molecular complexity index is 237. The molecule has 0 radical (unpaired) electrons. The molecule has 0 bridgehead atoms. The molecular weight excluding hydrogens is 178 g/mol. The van der Waals surface area contributed by atoms with E-state index >= 15 is 0 Å². The van der Waals surface area contributed by atoms with E-state index in [-0.39, 0.29) is 5.79 Å². The van der Waals surface area contributed by atoms with Gasteiger partial charge in [0.25, 0.3) is 0 Å². The van der Waals surface area contributed by atoms with Crippen molar-refractivity contribution in [3.05, 3.63) is 0 Å². The molecule has 3 fully saturated rings. The Hall–Kier alpha value is -0.120. The highest BCUT2D eigenvalue weighted by molar-refractivity contribution is 5.09. The minimum Gasteiger partial charge on any atom is -0.348 e. The van der Waals surface area contributed by atoms with Crippen LogP contribution in [0.25, 0.3) is 0 Å². The first-order chi connectivity index (χ1) is 6.79. The highest BCUT2D eigenvalue weighted by atomic mass is 16.7. The summed E-state index contributed by atoms with van der Waals surface area (Å²) in [5, 5.41) is 0. The van der Waals surface area contributed by atoms with E-state index in [1.807, 2.05) is 0 Å². The Morgan fingerprint density at radius 1 is 1.29 bits per heavy atom. The third-order valence-corrected chi connectivity index (χ3v) is 4.31. The number of fused-ring (bicyclic) bond motifs is 1. The van der Waals surface area contributed by atoms with Crippen molar-refractivity contribution in [2.75, 3.05) is 19.8 Å². The lowest BCUT2D eigenvalue weighted by Gasteiger charge is -2.36. The van der Waals surface area contributed by atoms with Crippen LogP contribution < -0.4 is 5.73 Å². The SMILES string of the molecule is NCCC12CC1CCC1(C2)OCCO1. The van der Waals surface area contributed by atoms with E-state index in [0.29, 0.717) is 5.41 Å². The first kappa shape index (κ1) is 9.13. The molecule has 0 aromatic heterocycles. The molecule has 2 saturated carbocycles. The molecule has 14 heavy (non-hydrogen) atoms. The topological polar surface area (TPSA) is 44.5 Å². The zero-order chi connectivity index (χ0) is 9.65. The maximum atomic E-state index is 5.79. The van der Waals surface area contributed by atoms with Crippen LogP contribution in [0.4, 0.5) is 0 Å². The summed E-state index contributed by atoms with van der Waals surface area (Å²) >= 11 is 0. The minimum absolute atomic E-state index is 0.206. The fourth-order valence-corrected chi connectivity index (χ4v) is 3.50. The minimum atomic E-state index is -0.206. The average Bonchev–Trinajstić information content (AvgIpc) is 2.68. The van der Waals surface area contributed by atoms with Crippen molar-refractivity contribution in [2.45, 2.75) is 37.9 Å². The van der Waals surface area contributed by atoms with Crippen molar-refractivity contribution in [3.63, 3.8) is 0 Å². The summed E-state index contributed by atoms with van der Waals surface area (Å²) in [6, 6.07) is 0. The molecule has 2 unspecified atom stereocenters. The summed E-state index contributed by atoms with van der Waals surface area (Å²) in [7, 11) is 0. The molecular formula is C11H19NO2. The molecule has 2 N–H and O–H groups in total. The van der Waals surface area contributed by atoms with Gasteiger partial charge in [0.1, 0.15) is 0 Å². The van der Waals surface area contributed by atoms with Gasteiger partial charge < -0.3 is 15.2 Å². The largest absolute Gasteiger partial charge is 0.348 e. The fourth-order valence-electron chi connectivity index (χ4n) is 3.50. The number of hydrogen-bond donors (Lipinski definition) is 1. The van der Waals surface area contributed by atoms with Gasteiger partial charge in [0.2, 0.25) is 0 Å². The van der Waals surface area contributed by atoms with Crippen LogP contribution >= 0.6 is 0 Å². The molecule has 80 valence electrons. The third-order valence-electron chi connectivity index (χ3n) is 4.31. The van der Waals surface area contributed by atoms with Gasteiger partial charge in [0, 0.05) is 12.8 Å². The zero-order valence-corrected chi connectivity index (χ0v) is 8.63. The third kappa shape index (κ3) is 1.23. The molecule has 3 rings (SSSR count). The van der Waals surface area contributed by atoms with Crippen molar-refractivity contribution in [2.24, 2.45) is 17.1 Å². The van der Waals surface area contributed by atoms with Gasteiger partial charge in [-0.05, 0) is 37.1 Å². The Morgan fingerprint density at radius 3 is 2.79 bits per heavy atom. The molecule has 0 aromatic rings. The lowest BCUT2D eigenvalue weighted by atomic mass is 9.82. The number of nitrogens with two attached hydrogens (primary N) is 1. The maximum absolute atomic E-state index is 5.79. The average molecular weight is 197 g/mol. The predicted molar refractivity (Wildman–Crippen MR) is 52.7 cm³/mol. The van der Waals surface area contributed by atoms with Crippen molar-refractivity contribution in [1.29, 1.82) is 0 Å². The van der Waals surface area contributed by atoms with E-state index in [0.717, 1.165) is 44.9 Å². The summed E-state index contributed by atoms with van der Waals surface area (Å²) in [4.78, 5) is 0. The summed E-state index contributed by atoms with van der Waals surface area (Å²) in [5.74, 6) is 0.715. The second-order valence-corrected chi connectivity index (χ2v) is 5.13. The lowest BCUT2D eigenvalue weighted by molar-refractivity contribution is -0.189. The fraction of sp³-hybridized carbons (Fsp3) is 1.00. The summed E-state index contributed by atoms with van der Waals surface area (Å²) in [6.45, 7) is 2.37. The van der Waals surface area contributed by atoms with E-state index in [1.54, 1.807) is 0 Å². The van der Waals surface area contributed by atoms with Gasteiger partial charge >= 0.3 is 0 Å². The lowest BCUT2D eigenvalue weighted by Crippen LogP contribution is -2.38. The summed E-state index contributed by atoms with van der Waals surface area (Å²) < 4.78 is 11.6. The Morgan fingerprint density at radius 2 is 2.07 bits per heavy atom. The van der Waals surface area contributed by atoms with Gasteiger partial charge in [-0.15, -0.1) is 0 Å². The molecule has 1 spiro atoms. The summed E-state index contributed by atoms with van der Waals surface area (Å²) in [5.41, 5.74) is 6.17. The van der Waals surface area contributed by atoms with Crippen molar-refractivity contribution in [3.8, 4) is 0 Å². The zero-order valence-electron chi connectivity index (χ0n) is 8.63. The molecule has 2 aliphatic carbocycles. The molecule has 2 atom stereocenters. The second-order valence-electron chi connectivity index (χ2n) is 5.13. The van der Waals surface area contributed by atoms with Gasteiger partial charge in [-0.3, -0.25) is 0 Å². The molecule has 3 aliphatic rings. The van der Waals surface area contributed by atoms with E-state index in [4.69, 9.17) is 15.2 Å². The first-order valence-electron chi connectivity index (χ1n) is 5.77. The van der Waals surface area contributed by atoms with Crippen LogP contribution in [0.3, 0.4) is 0 Å². The Kier molecular flexibility index (Phi) is 1.92. The van der Waals surface area contributed by atoms with Gasteiger partial charge in [-0.1, -0.05) is 0 Å². The molecule has 3 nitrogen and oxygen atoms in total. The highest BCUT2D eigenvalue weighted by Crippen LogP contribution is 2.66. The molecule has 1 aliphatic heterocycles. The quantitative estimate of drug-likeness (QED) is 0.725. The Labute approximate surface area is 84.9 Å². The van der Waals surface area contributed by atoms with Crippen LogP contribution in [0.1, 0.15) is 32.1 Å². The van der Waals surface area contributed by atoms with E-state index < -0.39 is 0 Å². The number of rotatable bonds is 2. The first-order valence-corrected chi connectivity index (χ1v) is 5.77. The molecule has 0 aromatic carbocycles.